The Bertz CT molecular complexity index is 1470. The van der Waals surface area contributed by atoms with Crippen LogP contribution in [0.25, 0.3) is 5.76 Å². The van der Waals surface area contributed by atoms with Gasteiger partial charge in [-0.3, -0.25) is 9.59 Å². The second-order valence-electron chi connectivity index (χ2n) is 8.80. The number of aliphatic hydroxyl groups excluding tert-OH is 1. The van der Waals surface area contributed by atoms with Crippen LogP contribution in [0.5, 0.6) is 5.75 Å². The van der Waals surface area contributed by atoms with E-state index in [4.69, 9.17) is 9.15 Å². The summed E-state index contributed by atoms with van der Waals surface area (Å²) in [6.07, 6.45) is 1.52. The number of carbonyl (C=O) groups excluding carboxylic acids is 2. The van der Waals surface area contributed by atoms with E-state index < -0.39 is 17.7 Å². The van der Waals surface area contributed by atoms with Gasteiger partial charge in [0.25, 0.3) is 11.7 Å². The van der Waals surface area contributed by atoms with Crippen molar-refractivity contribution in [3.8, 4) is 5.75 Å². The van der Waals surface area contributed by atoms with E-state index in [9.17, 15) is 14.7 Å². The predicted octanol–water partition coefficient (Wildman–Crippen LogP) is 6.55. The van der Waals surface area contributed by atoms with Crippen molar-refractivity contribution in [1.82, 2.24) is 4.90 Å². The highest BCUT2D eigenvalue weighted by Gasteiger charge is 2.46. The number of aliphatic hydroxyl groups is 1. The molecule has 1 amide bonds. The summed E-state index contributed by atoms with van der Waals surface area (Å²) < 4.78 is 12.1. The van der Waals surface area contributed by atoms with E-state index in [1.165, 1.54) is 11.2 Å². The van der Waals surface area contributed by atoms with Gasteiger partial charge in [0.1, 0.15) is 23.9 Å². The lowest BCUT2D eigenvalue weighted by atomic mass is 9.95. The summed E-state index contributed by atoms with van der Waals surface area (Å²) in [5.74, 6) is -0.510. The normalized spacial score (nSPS) is 16.8. The molecule has 186 valence electrons. The molecule has 4 aromatic rings. The fourth-order valence-corrected chi connectivity index (χ4v) is 4.85. The molecule has 1 aliphatic heterocycles. The van der Waals surface area contributed by atoms with Crippen LogP contribution in [0.1, 0.15) is 34.1 Å². The lowest BCUT2D eigenvalue weighted by Crippen LogP contribution is -2.29. The molecule has 1 fully saturated rings. The van der Waals surface area contributed by atoms with Crippen molar-refractivity contribution in [2.45, 2.75) is 26.1 Å². The van der Waals surface area contributed by atoms with Crippen LogP contribution in [-0.2, 0) is 22.7 Å². The van der Waals surface area contributed by atoms with Crippen molar-refractivity contribution in [2.24, 2.45) is 0 Å². The summed E-state index contributed by atoms with van der Waals surface area (Å²) >= 11 is 3.47. The molecule has 0 saturated carbocycles. The topological polar surface area (TPSA) is 80.0 Å². The highest BCUT2D eigenvalue weighted by atomic mass is 79.9. The molecule has 1 atom stereocenters. The second kappa shape index (κ2) is 10.5. The first-order valence-corrected chi connectivity index (χ1v) is 12.6. The first-order valence-electron chi connectivity index (χ1n) is 11.8. The fourth-order valence-electron chi connectivity index (χ4n) is 4.43. The van der Waals surface area contributed by atoms with Crippen molar-refractivity contribution in [2.75, 3.05) is 0 Å². The second-order valence-corrected chi connectivity index (χ2v) is 9.72. The number of hydrogen-bond donors (Lipinski definition) is 1. The molecule has 6 nitrogen and oxygen atoms in total. The minimum absolute atomic E-state index is 0.0308. The SMILES string of the molecule is Cc1ccccc1COc1ccc(/C(O)=C2\C(=O)C(=O)N(Cc3ccco3)C2c2cccc(Br)c2)cc1. The van der Waals surface area contributed by atoms with Crippen LogP contribution in [0.3, 0.4) is 0 Å². The average molecular weight is 558 g/mol. The van der Waals surface area contributed by atoms with Gasteiger partial charge < -0.3 is 19.2 Å². The largest absolute Gasteiger partial charge is 0.507 e. The number of furan rings is 1. The highest BCUT2D eigenvalue weighted by molar-refractivity contribution is 9.10. The number of Topliss-reactive ketones (excluding diaryl/α,β-unsaturated/α-hetero) is 1. The number of ketones is 1. The van der Waals surface area contributed by atoms with Gasteiger partial charge in [-0.1, -0.05) is 52.3 Å². The molecule has 0 aliphatic carbocycles. The van der Waals surface area contributed by atoms with Gasteiger partial charge >= 0.3 is 0 Å². The third-order valence-corrected chi connectivity index (χ3v) is 6.89. The van der Waals surface area contributed by atoms with Crippen molar-refractivity contribution in [3.05, 3.63) is 129 Å². The molecule has 1 aromatic heterocycles. The number of halogens is 1. The van der Waals surface area contributed by atoms with Gasteiger partial charge in [-0.05, 0) is 72.1 Å². The Balaban J connectivity index is 1.47. The molecule has 1 saturated heterocycles. The predicted molar refractivity (Wildman–Crippen MR) is 143 cm³/mol. The van der Waals surface area contributed by atoms with Gasteiger partial charge in [-0.2, -0.15) is 0 Å². The number of hydrogen-bond acceptors (Lipinski definition) is 5. The van der Waals surface area contributed by atoms with Gasteiger partial charge in [-0.25, -0.2) is 0 Å². The molecule has 1 aliphatic rings. The van der Waals surface area contributed by atoms with Crippen LogP contribution in [0, 0.1) is 6.92 Å². The molecule has 7 heteroatoms. The molecule has 3 aromatic carbocycles. The van der Waals surface area contributed by atoms with E-state index in [1.54, 1.807) is 36.4 Å². The smallest absolute Gasteiger partial charge is 0.296 e. The Labute approximate surface area is 222 Å². The van der Waals surface area contributed by atoms with Crippen molar-refractivity contribution >= 4 is 33.4 Å². The molecule has 0 spiro atoms. The van der Waals surface area contributed by atoms with E-state index in [0.29, 0.717) is 29.2 Å². The van der Waals surface area contributed by atoms with Crippen LogP contribution in [-0.4, -0.2) is 21.7 Å². The number of aryl methyl sites for hydroxylation is 1. The molecule has 37 heavy (non-hydrogen) atoms. The number of carbonyl (C=O) groups is 2. The first-order chi connectivity index (χ1) is 17.9. The van der Waals surface area contributed by atoms with Crippen LogP contribution >= 0.6 is 15.9 Å². The molecule has 1 N–H and O–H groups in total. The highest BCUT2D eigenvalue weighted by Crippen LogP contribution is 2.41. The summed E-state index contributed by atoms with van der Waals surface area (Å²) in [6, 6.07) is 24.9. The van der Waals surface area contributed by atoms with Gasteiger partial charge in [0.2, 0.25) is 0 Å². The lowest BCUT2D eigenvalue weighted by Gasteiger charge is -2.24. The molecular weight excluding hydrogens is 534 g/mol. The Morgan fingerprint density at radius 2 is 1.78 bits per heavy atom. The number of likely N-dealkylation sites (tertiary alicyclic amines) is 1. The number of amides is 1. The summed E-state index contributed by atoms with van der Waals surface area (Å²) in [5, 5.41) is 11.3. The van der Waals surface area contributed by atoms with Gasteiger partial charge in [0.05, 0.1) is 24.4 Å². The fraction of sp³-hybridized carbons (Fsp3) is 0.133. The number of benzene rings is 3. The van der Waals surface area contributed by atoms with E-state index in [2.05, 4.69) is 15.9 Å². The van der Waals surface area contributed by atoms with Gasteiger partial charge in [0, 0.05) is 10.0 Å². The minimum atomic E-state index is -0.778. The molecule has 5 rings (SSSR count). The zero-order valence-corrected chi connectivity index (χ0v) is 21.6. The molecule has 1 unspecified atom stereocenters. The zero-order chi connectivity index (χ0) is 25.9. The Morgan fingerprint density at radius 3 is 2.49 bits per heavy atom. The monoisotopic (exact) mass is 557 g/mol. The Morgan fingerprint density at radius 1 is 1.00 bits per heavy atom. The maximum absolute atomic E-state index is 13.2. The molecule has 0 radical (unpaired) electrons. The summed E-state index contributed by atoms with van der Waals surface area (Å²) in [4.78, 5) is 27.7. The summed E-state index contributed by atoms with van der Waals surface area (Å²) in [6.45, 7) is 2.54. The molecule has 0 bridgehead atoms. The van der Waals surface area contributed by atoms with E-state index in [0.717, 1.165) is 15.6 Å². The van der Waals surface area contributed by atoms with Gasteiger partial charge in [-0.15, -0.1) is 0 Å². The maximum Gasteiger partial charge on any atom is 0.296 e. The summed E-state index contributed by atoms with van der Waals surface area (Å²) in [7, 11) is 0. The number of nitrogens with zero attached hydrogens (tertiary/aromatic N) is 1. The Kier molecular flexibility index (Phi) is 6.97. The van der Waals surface area contributed by atoms with Crippen molar-refractivity contribution < 1.29 is 23.8 Å². The lowest BCUT2D eigenvalue weighted by molar-refractivity contribution is -0.140. The van der Waals surface area contributed by atoms with Crippen LogP contribution < -0.4 is 4.74 Å². The number of rotatable bonds is 7. The summed E-state index contributed by atoms with van der Waals surface area (Å²) in [5.41, 5.74) is 3.37. The van der Waals surface area contributed by atoms with E-state index in [-0.39, 0.29) is 17.9 Å². The number of ether oxygens (including phenoxy) is 1. The van der Waals surface area contributed by atoms with Crippen LogP contribution in [0.2, 0.25) is 0 Å². The standard InChI is InChI=1S/C30H24BrNO5/c1-19-6-2-3-7-22(19)18-37-24-13-11-20(12-14-24)28(33)26-27(21-8-4-9-23(31)16-21)32(30(35)29(26)34)17-25-10-5-15-36-25/h2-16,27,33H,17-18H2,1H3/b28-26+. The third kappa shape index (κ3) is 5.08. The third-order valence-electron chi connectivity index (χ3n) is 6.39. The van der Waals surface area contributed by atoms with E-state index in [1.807, 2.05) is 55.5 Å². The molecular formula is C30H24BrNO5. The molecule has 2 heterocycles. The van der Waals surface area contributed by atoms with Crippen LogP contribution in [0.15, 0.2) is 106 Å². The minimum Gasteiger partial charge on any atom is -0.507 e. The quantitative estimate of drug-likeness (QED) is 0.158. The average Bonchev–Trinajstić information content (AvgIpc) is 3.50. The zero-order valence-electron chi connectivity index (χ0n) is 20.1. The Hall–Kier alpha value is -4.10. The van der Waals surface area contributed by atoms with Crippen molar-refractivity contribution in [1.29, 1.82) is 0 Å². The first kappa shape index (κ1) is 24.6. The van der Waals surface area contributed by atoms with Crippen LogP contribution in [0.4, 0.5) is 0 Å². The van der Waals surface area contributed by atoms with Gasteiger partial charge in [0.15, 0.2) is 0 Å². The maximum atomic E-state index is 13.2. The van der Waals surface area contributed by atoms with Crippen molar-refractivity contribution in [3.63, 3.8) is 0 Å². The van der Waals surface area contributed by atoms with E-state index >= 15 is 0 Å².